The van der Waals surface area contributed by atoms with Gasteiger partial charge in [0.2, 0.25) is 28.3 Å². The molecule has 8 rings (SSSR count). The number of fused-ring (bicyclic) bond motifs is 8. The normalized spacial score (nSPS) is 27.8. The van der Waals surface area contributed by atoms with Crippen molar-refractivity contribution < 1.29 is 36.4 Å². The maximum Gasteiger partial charge on any atom is 0.259 e. The summed E-state index contributed by atoms with van der Waals surface area (Å²) in [6.45, 7) is 9.91. The lowest BCUT2D eigenvalue weighted by atomic mass is 9.83. The summed E-state index contributed by atoms with van der Waals surface area (Å²) in [5.74, 6) is -4.12. The summed E-state index contributed by atoms with van der Waals surface area (Å²) in [6, 6.07) is 12.1. The van der Waals surface area contributed by atoms with Crippen molar-refractivity contribution in [1.29, 1.82) is 0 Å². The van der Waals surface area contributed by atoms with Gasteiger partial charge >= 0.3 is 0 Å². The molecule has 3 amide bonds. The Bertz CT molecular complexity index is 2270. The number of nitrogens with one attached hydrogen (secondary N) is 3. The summed E-state index contributed by atoms with van der Waals surface area (Å²) in [5.41, 5.74) is 3.37. The third-order valence-electron chi connectivity index (χ3n) is 12.1. The average Bonchev–Trinajstić information content (AvgIpc) is 4.00. The lowest BCUT2D eigenvalue weighted by Gasteiger charge is -2.35. The van der Waals surface area contributed by atoms with Crippen molar-refractivity contribution in [3.63, 3.8) is 0 Å². The minimum absolute atomic E-state index is 0.0627. The van der Waals surface area contributed by atoms with Gasteiger partial charge in [-0.1, -0.05) is 76.2 Å². The summed E-state index contributed by atoms with van der Waals surface area (Å²) < 4.78 is 55.8. The fourth-order valence-corrected chi connectivity index (χ4v) is 10.6. The SMILES string of the molecule is CC1(C)CCCc2ccc3c(c2)/C(=N\O[C@@H]2C[C@@H](C(=O)N[C@]4(C(=O)NS(=O)(=O)C5CC5)C[C@H]4C(F)F)N(C2)C(=O)[C@H](C(C)(C)C)Nc2nc1cs2)c1ccccc1-3. The second-order valence-electron chi connectivity index (χ2n) is 17.8. The Kier molecular flexibility index (Phi) is 9.77. The Hall–Kier alpha value is -4.44. The van der Waals surface area contributed by atoms with Crippen LogP contribution in [-0.2, 0) is 41.1 Å². The Balaban J connectivity index is 1.16. The largest absolute Gasteiger partial charge is 0.390 e. The lowest BCUT2D eigenvalue weighted by molar-refractivity contribution is -0.141. The molecule has 304 valence electrons. The summed E-state index contributed by atoms with van der Waals surface area (Å²) in [4.78, 5) is 55.2. The van der Waals surface area contributed by atoms with Crippen LogP contribution in [0.1, 0.15) is 95.5 Å². The van der Waals surface area contributed by atoms with Crippen LogP contribution in [0.15, 0.2) is 53.0 Å². The maximum atomic E-state index is 14.8. The fraction of sp³-hybridized carbons (Fsp3) is 0.537. The quantitative estimate of drug-likeness (QED) is 0.222. The number of nitrogens with zero attached hydrogens (tertiary/aromatic N) is 3. The molecule has 3 aromatic rings. The molecule has 2 saturated carbocycles. The second kappa shape index (κ2) is 14.1. The van der Waals surface area contributed by atoms with Gasteiger partial charge in [-0.05, 0) is 66.7 Å². The molecule has 57 heavy (non-hydrogen) atoms. The van der Waals surface area contributed by atoms with Crippen LogP contribution >= 0.6 is 11.3 Å². The van der Waals surface area contributed by atoms with Crippen molar-refractivity contribution in [2.45, 2.75) is 120 Å². The summed E-state index contributed by atoms with van der Waals surface area (Å²) >= 11 is 1.39. The number of alkyl halides is 2. The van der Waals surface area contributed by atoms with E-state index in [1.807, 2.05) is 55.1 Å². The predicted octanol–water partition coefficient (Wildman–Crippen LogP) is 5.75. The van der Waals surface area contributed by atoms with Gasteiger partial charge < -0.3 is 20.4 Å². The van der Waals surface area contributed by atoms with Gasteiger partial charge in [-0.3, -0.25) is 19.1 Å². The van der Waals surface area contributed by atoms with Crippen LogP contribution in [0.3, 0.4) is 0 Å². The number of sulfonamides is 1. The molecule has 3 fully saturated rings. The van der Waals surface area contributed by atoms with Gasteiger partial charge in [0.15, 0.2) is 5.13 Å². The molecule has 1 saturated heterocycles. The van der Waals surface area contributed by atoms with Crippen molar-refractivity contribution in [1.82, 2.24) is 19.9 Å². The molecular formula is C41H48F2N6O6S2. The number of aromatic nitrogens is 1. The molecule has 3 N–H and O–H groups in total. The van der Waals surface area contributed by atoms with Crippen LogP contribution in [0.25, 0.3) is 11.1 Å². The van der Waals surface area contributed by atoms with Crippen molar-refractivity contribution in [3.8, 4) is 11.1 Å². The van der Waals surface area contributed by atoms with Crippen molar-refractivity contribution in [2.24, 2.45) is 16.5 Å². The molecule has 3 aliphatic carbocycles. The van der Waals surface area contributed by atoms with Crippen LogP contribution in [0.2, 0.25) is 0 Å². The fourth-order valence-electron chi connectivity index (χ4n) is 8.33. The lowest BCUT2D eigenvalue weighted by Crippen LogP contribution is -2.59. The zero-order chi connectivity index (χ0) is 40.7. The molecule has 16 heteroatoms. The van der Waals surface area contributed by atoms with Crippen LogP contribution in [0.4, 0.5) is 13.9 Å². The Morgan fingerprint density at radius 3 is 2.47 bits per heavy atom. The van der Waals surface area contributed by atoms with E-state index in [0.717, 1.165) is 52.8 Å². The first kappa shape index (κ1) is 39.4. The average molecular weight is 823 g/mol. The first-order chi connectivity index (χ1) is 26.9. The van der Waals surface area contributed by atoms with Crippen molar-refractivity contribution in [3.05, 3.63) is 70.2 Å². The van der Waals surface area contributed by atoms with E-state index in [2.05, 4.69) is 42.7 Å². The van der Waals surface area contributed by atoms with E-state index in [-0.39, 0.29) is 18.4 Å². The highest BCUT2D eigenvalue weighted by Crippen LogP contribution is 2.49. The number of carbonyl (C=O) groups is 3. The molecule has 2 aromatic carbocycles. The summed E-state index contributed by atoms with van der Waals surface area (Å²) in [7, 11) is -4.10. The second-order valence-corrected chi connectivity index (χ2v) is 20.7. The first-order valence-corrected chi connectivity index (χ1v) is 22.0. The number of anilines is 1. The number of hydrogen-bond donors (Lipinski definition) is 3. The van der Waals surface area contributed by atoms with Gasteiger partial charge in [-0.25, -0.2) is 22.2 Å². The van der Waals surface area contributed by atoms with E-state index in [1.54, 1.807) is 0 Å². The number of halogens is 2. The molecule has 5 aliphatic rings. The minimum atomic E-state index is -4.10. The highest BCUT2D eigenvalue weighted by Gasteiger charge is 2.67. The Morgan fingerprint density at radius 1 is 1.07 bits per heavy atom. The van der Waals surface area contributed by atoms with Crippen LogP contribution in [0, 0.1) is 11.3 Å². The highest BCUT2D eigenvalue weighted by molar-refractivity contribution is 7.91. The predicted molar refractivity (Wildman–Crippen MR) is 213 cm³/mol. The Morgan fingerprint density at radius 2 is 1.79 bits per heavy atom. The molecule has 0 unspecified atom stereocenters. The number of amides is 3. The minimum Gasteiger partial charge on any atom is -0.390 e. The van der Waals surface area contributed by atoms with Gasteiger partial charge in [0.1, 0.15) is 29.4 Å². The number of benzene rings is 2. The number of hydrogen-bond acceptors (Lipinski definition) is 10. The summed E-state index contributed by atoms with van der Waals surface area (Å²) in [5, 5.41) is 12.3. The molecule has 6 bridgehead atoms. The monoisotopic (exact) mass is 822 g/mol. The van der Waals surface area contributed by atoms with E-state index in [4.69, 9.17) is 15.0 Å². The zero-order valence-electron chi connectivity index (χ0n) is 32.6. The first-order valence-electron chi connectivity index (χ1n) is 19.5. The number of carbonyl (C=O) groups excluding carboxylic acids is 3. The number of rotatable bonds is 6. The third kappa shape index (κ3) is 7.43. The van der Waals surface area contributed by atoms with Crippen molar-refractivity contribution >= 4 is 49.9 Å². The van der Waals surface area contributed by atoms with E-state index < -0.39 is 80.9 Å². The van der Waals surface area contributed by atoms with Gasteiger partial charge in [-0.2, -0.15) is 0 Å². The zero-order valence-corrected chi connectivity index (χ0v) is 34.2. The number of oxime groups is 1. The van der Waals surface area contributed by atoms with Gasteiger partial charge in [0.25, 0.3) is 5.91 Å². The number of aryl methyl sites for hydroxylation is 1. The van der Waals surface area contributed by atoms with E-state index in [1.165, 1.54) is 16.2 Å². The standard InChI is InChI=1S/C41H48F2N6O6S2/c1-39(2,3)33-36(51)49-20-23(18-30(49)35(50)46-41(19-29(41)34(42)43)37(52)48-57(53,54)24-13-14-24)55-47-32-27-11-7-6-10-25(27)26-15-12-22(17-28(26)32)9-8-16-40(4,5)31-21-56-38(44-31)45-33/h6-7,10-12,15,17,21,23-24,29-30,33-34H,8-9,13-14,16,18-20H2,1-5H3,(H,44,45)(H,46,50)(H,48,52)/b47-32-/t23-,29+,30+,33-,41-/m1/s1. The molecule has 3 heterocycles. The molecule has 12 nitrogen and oxygen atoms in total. The van der Waals surface area contributed by atoms with Crippen LogP contribution in [0.5, 0.6) is 0 Å². The van der Waals surface area contributed by atoms with Gasteiger partial charge in [0, 0.05) is 28.3 Å². The molecular weight excluding hydrogens is 775 g/mol. The third-order valence-corrected chi connectivity index (χ3v) is 14.7. The van der Waals surface area contributed by atoms with E-state index in [9.17, 15) is 31.6 Å². The van der Waals surface area contributed by atoms with Crippen molar-refractivity contribution in [2.75, 3.05) is 11.9 Å². The van der Waals surface area contributed by atoms with Gasteiger partial charge in [0.05, 0.1) is 23.4 Å². The van der Waals surface area contributed by atoms with Crippen LogP contribution in [-0.4, -0.2) is 83.7 Å². The van der Waals surface area contributed by atoms with Gasteiger partial charge in [-0.15, -0.1) is 11.3 Å². The van der Waals surface area contributed by atoms with E-state index in [0.29, 0.717) is 23.7 Å². The molecule has 5 atom stereocenters. The summed E-state index contributed by atoms with van der Waals surface area (Å²) in [6.07, 6.45) is -0.987. The number of thiazole rings is 1. The molecule has 0 radical (unpaired) electrons. The van der Waals surface area contributed by atoms with E-state index >= 15 is 0 Å². The maximum absolute atomic E-state index is 14.8. The Labute approximate surface area is 335 Å². The smallest absolute Gasteiger partial charge is 0.259 e. The topological polar surface area (TPSA) is 159 Å². The highest BCUT2D eigenvalue weighted by atomic mass is 32.2. The molecule has 2 aliphatic heterocycles. The van der Waals surface area contributed by atoms with Crippen LogP contribution < -0.4 is 15.4 Å². The molecule has 1 aromatic heterocycles. The molecule has 0 spiro atoms.